The van der Waals surface area contributed by atoms with Crippen molar-refractivity contribution in [1.82, 2.24) is 5.32 Å². The first-order valence-corrected chi connectivity index (χ1v) is 7.67. The van der Waals surface area contributed by atoms with Gasteiger partial charge in [0.05, 0.1) is 0 Å². The average molecular weight is 292 g/mol. The SMILES string of the molecule is CNCc1ccc(Cl)cc1SCc1ccccc1C. The van der Waals surface area contributed by atoms with E-state index in [0.29, 0.717) is 0 Å². The van der Waals surface area contributed by atoms with Gasteiger partial charge >= 0.3 is 0 Å². The van der Waals surface area contributed by atoms with Crippen LogP contribution >= 0.6 is 23.4 Å². The van der Waals surface area contributed by atoms with Crippen molar-refractivity contribution in [3.8, 4) is 0 Å². The number of hydrogen-bond donors (Lipinski definition) is 1. The third kappa shape index (κ3) is 4.00. The van der Waals surface area contributed by atoms with Gasteiger partial charge in [0, 0.05) is 22.2 Å². The summed E-state index contributed by atoms with van der Waals surface area (Å²) in [5, 5.41) is 4.00. The summed E-state index contributed by atoms with van der Waals surface area (Å²) in [6.07, 6.45) is 0. The Balaban J connectivity index is 2.14. The van der Waals surface area contributed by atoms with E-state index in [1.165, 1.54) is 21.6 Å². The normalized spacial score (nSPS) is 10.7. The summed E-state index contributed by atoms with van der Waals surface area (Å²) < 4.78 is 0. The summed E-state index contributed by atoms with van der Waals surface area (Å²) in [4.78, 5) is 1.25. The maximum Gasteiger partial charge on any atom is 0.0417 e. The van der Waals surface area contributed by atoms with Gasteiger partial charge in [-0.1, -0.05) is 41.9 Å². The van der Waals surface area contributed by atoms with Gasteiger partial charge < -0.3 is 5.32 Å². The Hall–Kier alpha value is -0.960. The van der Waals surface area contributed by atoms with E-state index in [0.717, 1.165) is 17.3 Å². The maximum atomic E-state index is 6.10. The van der Waals surface area contributed by atoms with E-state index in [1.807, 2.05) is 24.9 Å². The van der Waals surface area contributed by atoms with Crippen LogP contribution in [0.1, 0.15) is 16.7 Å². The van der Waals surface area contributed by atoms with Crippen LogP contribution in [-0.2, 0) is 12.3 Å². The molecule has 2 aromatic rings. The van der Waals surface area contributed by atoms with Crippen molar-refractivity contribution in [1.29, 1.82) is 0 Å². The van der Waals surface area contributed by atoms with Crippen molar-refractivity contribution < 1.29 is 0 Å². The summed E-state index contributed by atoms with van der Waals surface area (Å²) in [5.74, 6) is 0.976. The van der Waals surface area contributed by atoms with Crippen LogP contribution in [0.4, 0.5) is 0 Å². The molecule has 19 heavy (non-hydrogen) atoms. The van der Waals surface area contributed by atoms with Gasteiger partial charge in [0.1, 0.15) is 0 Å². The fraction of sp³-hybridized carbons (Fsp3) is 0.250. The van der Waals surface area contributed by atoms with E-state index in [1.54, 1.807) is 0 Å². The molecular weight excluding hydrogens is 274 g/mol. The molecule has 100 valence electrons. The van der Waals surface area contributed by atoms with E-state index in [9.17, 15) is 0 Å². The zero-order valence-electron chi connectivity index (χ0n) is 11.2. The third-order valence-electron chi connectivity index (χ3n) is 3.04. The molecule has 0 unspecified atom stereocenters. The van der Waals surface area contributed by atoms with E-state index >= 15 is 0 Å². The van der Waals surface area contributed by atoms with Crippen molar-refractivity contribution in [2.75, 3.05) is 7.05 Å². The summed E-state index contributed by atoms with van der Waals surface area (Å²) in [6, 6.07) is 14.6. The van der Waals surface area contributed by atoms with Gasteiger partial charge in [0.2, 0.25) is 0 Å². The molecule has 1 N–H and O–H groups in total. The second-order valence-electron chi connectivity index (χ2n) is 4.50. The van der Waals surface area contributed by atoms with E-state index in [4.69, 9.17) is 11.6 Å². The quantitative estimate of drug-likeness (QED) is 0.804. The highest BCUT2D eigenvalue weighted by atomic mass is 35.5. The number of rotatable bonds is 5. The van der Waals surface area contributed by atoms with Gasteiger partial charge in [-0.15, -0.1) is 11.8 Å². The lowest BCUT2D eigenvalue weighted by atomic mass is 10.1. The van der Waals surface area contributed by atoms with Crippen molar-refractivity contribution in [3.05, 3.63) is 64.2 Å². The zero-order valence-corrected chi connectivity index (χ0v) is 12.8. The van der Waals surface area contributed by atoms with E-state index in [2.05, 4.69) is 48.6 Å². The Kier molecular flexibility index (Phi) is 5.32. The number of hydrogen-bond acceptors (Lipinski definition) is 2. The van der Waals surface area contributed by atoms with E-state index < -0.39 is 0 Å². The minimum atomic E-state index is 0.798. The maximum absolute atomic E-state index is 6.10. The van der Waals surface area contributed by atoms with Crippen LogP contribution in [0.3, 0.4) is 0 Å². The van der Waals surface area contributed by atoms with Gasteiger partial charge in [-0.05, 0) is 42.8 Å². The zero-order chi connectivity index (χ0) is 13.7. The molecule has 2 aromatic carbocycles. The molecular formula is C16H18ClNS. The molecule has 0 aliphatic rings. The Labute approximate surface area is 124 Å². The molecule has 0 atom stereocenters. The predicted molar refractivity (Wildman–Crippen MR) is 85.0 cm³/mol. The number of benzene rings is 2. The third-order valence-corrected chi connectivity index (χ3v) is 4.42. The lowest BCUT2D eigenvalue weighted by Gasteiger charge is -2.10. The first kappa shape index (κ1) is 14.4. The highest BCUT2D eigenvalue weighted by Crippen LogP contribution is 2.29. The molecule has 0 bridgehead atoms. The van der Waals surface area contributed by atoms with Crippen molar-refractivity contribution in [2.24, 2.45) is 0 Å². The molecule has 3 heteroatoms. The molecule has 0 saturated heterocycles. The number of halogens is 1. The van der Waals surface area contributed by atoms with Crippen LogP contribution < -0.4 is 5.32 Å². The Morgan fingerprint density at radius 2 is 1.89 bits per heavy atom. The second kappa shape index (κ2) is 6.99. The van der Waals surface area contributed by atoms with E-state index in [-0.39, 0.29) is 0 Å². The van der Waals surface area contributed by atoms with Crippen LogP contribution in [0.25, 0.3) is 0 Å². The molecule has 0 aromatic heterocycles. The monoisotopic (exact) mass is 291 g/mol. The first-order chi connectivity index (χ1) is 9.20. The highest BCUT2D eigenvalue weighted by molar-refractivity contribution is 7.98. The van der Waals surface area contributed by atoms with Gasteiger partial charge in [-0.3, -0.25) is 0 Å². The lowest BCUT2D eigenvalue weighted by molar-refractivity contribution is 0.803. The largest absolute Gasteiger partial charge is 0.316 e. The van der Waals surface area contributed by atoms with Crippen LogP contribution in [0.5, 0.6) is 0 Å². The second-order valence-corrected chi connectivity index (χ2v) is 5.95. The van der Waals surface area contributed by atoms with Crippen LogP contribution in [0.2, 0.25) is 5.02 Å². The van der Waals surface area contributed by atoms with Gasteiger partial charge in [0.15, 0.2) is 0 Å². The molecule has 0 radical (unpaired) electrons. The standard InChI is InChI=1S/C16H18ClNS/c1-12-5-3-4-6-14(12)11-19-16-9-15(17)8-7-13(16)10-18-2/h3-9,18H,10-11H2,1-2H3. The Morgan fingerprint density at radius 3 is 2.63 bits per heavy atom. The molecule has 1 nitrogen and oxygen atoms in total. The number of nitrogens with one attached hydrogen (secondary N) is 1. The minimum absolute atomic E-state index is 0.798. The van der Waals surface area contributed by atoms with Crippen LogP contribution in [0.15, 0.2) is 47.4 Å². The molecule has 0 aliphatic carbocycles. The van der Waals surface area contributed by atoms with Crippen molar-refractivity contribution in [3.63, 3.8) is 0 Å². The molecule has 0 spiro atoms. The molecule has 0 saturated carbocycles. The summed E-state index contributed by atoms with van der Waals surface area (Å²) in [7, 11) is 1.96. The van der Waals surface area contributed by atoms with Crippen LogP contribution in [0, 0.1) is 6.92 Å². The molecule has 0 amide bonds. The van der Waals surface area contributed by atoms with Crippen molar-refractivity contribution >= 4 is 23.4 Å². The fourth-order valence-electron chi connectivity index (χ4n) is 1.93. The first-order valence-electron chi connectivity index (χ1n) is 6.31. The minimum Gasteiger partial charge on any atom is -0.316 e. The fourth-order valence-corrected chi connectivity index (χ4v) is 3.33. The van der Waals surface area contributed by atoms with Gasteiger partial charge in [-0.25, -0.2) is 0 Å². The summed E-state index contributed by atoms with van der Waals surface area (Å²) in [6.45, 7) is 3.02. The Morgan fingerprint density at radius 1 is 1.11 bits per heavy atom. The number of aryl methyl sites for hydroxylation is 1. The smallest absolute Gasteiger partial charge is 0.0417 e. The summed E-state index contributed by atoms with van der Waals surface area (Å²) >= 11 is 7.94. The predicted octanol–water partition coefficient (Wildman–Crippen LogP) is 4.66. The molecule has 0 fully saturated rings. The molecule has 2 rings (SSSR count). The molecule has 0 heterocycles. The highest BCUT2D eigenvalue weighted by Gasteiger charge is 2.05. The molecule has 0 aliphatic heterocycles. The Bertz CT molecular complexity index is 554. The topological polar surface area (TPSA) is 12.0 Å². The number of thioether (sulfide) groups is 1. The van der Waals surface area contributed by atoms with Gasteiger partial charge in [-0.2, -0.15) is 0 Å². The lowest BCUT2D eigenvalue weighted by Crippen LogP contribution is -2.06. The van der Waals surface area contributed by atoms with Gasteiger partial charge in [0.25, 0.3) is 0 Å². The average Bonchev–Trinajstić information content (AvgIpc) is 2.41. The van der Waals surface area contributed by atoms with Crippen LogP contribution in [-0.4, -0.2) is 7.05 Å². The summed E-state index contributed by atoms with van der Waals surface area (Å²) in [5.41, 5.74) is 4.01. The van der Waals surface area contributed by atoms with Crippen molar-refractivity contribution in [2.45, 2.75) is 24.1 Å².